The van der Waals surface area contributed by atoms with Crippen LogP contribution in [0.5, 0.6) is 0 Å². The van der Waals surface area contributed by atoms with E-state index in [9.17, 15) is 0 Å². The van der Waals surface area contributed by atoms with Crippen molar-refractivity contribution in [2.75, 3.05) is 6.54 Å². The number of hydrogen-bond donors (Lipinski definition) is 2. The molecule has 3 rings (SSSR count). The highest BCUT2D eigenvalue weighted by atomic mass is 15.1. The smallest absolute Gasteiger partial charge is 0.0535 e. The molecule has 0 bridgehead atoms. The Labute approximate surface area is 114 Å². The molecule has 0 aliphatic heterocycles. The van der Waals surface area contributed by atoms with E-state index in [2.05, 4.69) is 46.7 Å². The molecule has 1 aromatic heterocycles. The summed E-state index contributed by atoms with van der Waals surface area (Å²) >= 11 is 0. The Balaban J connectivity index is 1.61. The molecule has 3 nitrogen and oxygen atoms in total. The molecule has 2 N–H and O–H groups in total. The molecule has 3 heteroatoms. The summed E-state index contributed by atoms with van der Waals surface area (Å²) in [5.41, 5.74) is 5.52. The fraction of sp³-hybridized carbons (Fsp3) is 0.438. The van der Waals surface area contributed by atoms with Gasteiger partial charge in [-0.3, -0.25) is 5.10 Å². The van der Waals surface area contributed by atoms with Crippen LogP contribution < -0.4 is 5.32 Å². The van der Waals surface area contributed by atoms with Crippen molar-refractivity contribution < 1.29 is 0 Å². The second kappa shape index (κ2) is 5.57. The van der Waals surface area contributed by atoms with Gasteiger partial charge in [-0.2, -0.15) is 5.10 Å². The Kier molecular flexibility index (Phi) is 3.65. The summed E-state index contributed by atoms with van der Waals surface area (Å²) in [6.07, 6.45) is 5.77. The quantitative estimate of drug-likeness (QED) is 0.882. The summed E-state index contributed by atoms with van der Waals surface area (Å²) in [7, 11) is 0. The topological polar surface area (TPSA) is 40.7 Å². The van der Waals surface area contributed by atoms with Crippen molar-refractivity contribution >= 4 is 0 Å². The van der Waals surface area contributed by atoms with Gasteiger partial charge in [0.15, 0.2) is 0 Å². The highest BCUT2D eigenvalue weighted by Crippen LogP contribution is 2.30. The summed E-state index contributed by atoms with van der Waals surface area (Å²) in [5.74, 6) is 0.664. The van der Waals surface area contributed by atoms with Crippen molar-refractivity contribution in [2.45, 2.75) is 38.6 Å². The number of aryl methyl sites for hydroxylation is 2. The molecule has 1 atom stereocenters. The number of nitrogens with zero attached hydrogens (tertiary/aromatic N) is 1. The van der Waals surface area contributed by atoms with Gasteiger partial charge >= 0.3 is 0 Å². The first-order chi connectivity index (χ1) is 9.34. The second-order valence-corrected chi connectivity index (χ2v) is 5.44. The first kappa shape index (κ1) is 12.4. The third-order valence-corrected chi connectivity index (χ3v) is 4.13. The van der Waals surface area contributed by atoms with Crippen molar-refractivity contribution in [2.24, 2.45) is 0 Å². The number of hydrogen-bond acceptors (Lipinski definition) is 2. The van der Waals surface area contributed by atoms with Crippen LogP contribution in [0.3, 0.4) is 0 Å². The Hall–Kier alpha value is -1.61. The van der Waals surface area contributed by atoms with Gasteiger partial charge in [0.05, 0.1) is 6.20 Å². The predicted molar refractivity (Wildman–Crippen MR) is 77.2 cm³/mol. The van der Waals surface area contributed by atoms with Crippen LogP contribution in [-0.2, 0) is 13.0 Å². The van der Waals surface area contributed by atoms with Crippen molar-refractivity contribution in [1.82, 2.24) is 15.5 Å². The predicted octanol–water partition coefficient (Wildman–Crippen LogP) is 2.93. The van der Waals surface area contributed by atoms with Crippen molar-refractivity contribution in [3.8, 4) is 0 Å². The molecular formula is C16H21N3. The number of benzene rings is 1. The van der Waals surface area contributed by atoms with E-state index in [1.54, 1.807) is 11.1 Å². The van der Waals surface area contributed by atoms with E-state index in [1.807, 2.05) is 6.20 Å². The molecule has 1 unspecified atom stereocenters. The fourth-order valence-corrected chi connectivity index (χ4v) is 3.00. The second-order valence-electron chi connectivity index (χ2n) is 5.44. The molecule has 0 amide bonds. The lowest BCUT2D eigenvalue weighted by atomic mass is 9.83. The summed E-state index contributed by atoms with van der Waals surface area (Å²) < 4.78 is 0. The number of aromatic nitrogens is 2. The third-order valence-electron chi connectivity index (χ3n) is 4.13. The lowest BCUT2D eigenvalue weighted by Gasteiger charge is -2.25. The van der Waals surface area contributed by atoms with Crippen LogP contribution in [0.4, 0.5) is 0 Å². The Morgan fingerprint density at radius 2 is 2.26 bits per heavy atom. The number of nitrogens with one attached hydrogen (secondary N) is 2. The maximum Gasteiger partial charge on any atom is 0.0535 e. The van der Waals surface area contributed by atoms with E-state index >= 15 is 0 Å². The first-order valence-electron chi connectivity index (χ1n) is 7.12. The van der Waals surface area contributed by atoms with Gasteiger partial charge in [-0.25, -0.2) is 0 Å². The normalized spacial score (nSPS) is 18.3. The van der Waals surface area contributed by atoms with Crippen molar-refractivity contribution in [3.63, 3.8) is 0 Å². The monoisotopic (exact) mass is 255 g/mol. The van der Waals surface area contributed by atoms with E-state index in [0.717, 1.165) is 18.8 Å². The van der Waals surface area contributed by atoms with Crippen LogP contribution in [0.15, 0.2) is 30.5 Å². The summed E-state index contributed by atoms with van der Waals surface area (Å²) in [6.45, 7) is 4.03. The zero-order valence-corrected chi connectivity index (χ0v) is 11.4. The largest absolute Gasteiger partial charge is 0.312 e. The number of aromatic amines is 1. The van der Waals surface area contributed by atoms with E-state index in [0.29, 0.717) is 5.92 Å². The van der Waals surface area contributed by atoms with Gasteiger partial charge in [0.25, 0.3) is 0 Å². The molecule has 1 heterocycles. The Morgan fingerprint density at radius 1 is 1.37 bits per heavy atom. The van der Waals surface area contributed by atoms with Gasteiger partial charge in [0.1, 0.15) is 0 Å². The van der Waals surface area contributed by atoms with E-state index in [-0.39, 0.29) is 0 Å². The van der Waals surface area contributed by atoms with Crippen LogP contribution in [0.2, 0.25) is 0 Å². The molecule has 100 valence electrons. The van der Waals surface area contributed by atoms with Gasteiger partial charge in [-0.15, -0.1) is 0 Å². The Bertz CT molecular complexity index is 544. The summed E-state index contributed by atoms with van der Waals surface area (Å²) in [5, 5.41) is 10.6. The SMILES string of the molecule is Cc1[nH]ncc1CNCC1CCCc2ccccc21. The standard InChI is InChI=1S/C16H21N3/c1-12-15(11-18-19-12)10-17-9-14-7-4-6-13-5-2-3-8-16(13)14/h2-3,5,8,11,14,17H,4,6-7,9-10H2,1H3,(H,18,19). The molecule has 1 aromatic carbocycles. The van der Waals surface area contributed by atoms with Crippen molar-refractivity contribution in [3.05, 3.63) is 52.8 Å². The molecule has 0 fully saturated rings. The Morgan fingerprint density at radius 3 is 3.11 bits per heavy atom. The number of H-pyrrole nitrogens is 1. The van der Waals surface area contributed by atoms with Crippen LogP contribution >= 0.6 is 0 Å². The highest BCUT2D eigenvalue weighted by molar-refractivity contribution is 5.32. The van der Waals surface area contributed by atoms with Crippen LogP contribution in [-0.4, -0.2) is 16.7 Å². The molecule has 0 radical (unpaired) electrons. The average Bonchev–Trinajstić information content (AvgIpc) is 2.85. The number of fused-ring (bicyclic) bond motifs is 1. The maximum absolute atomic E-state index is 4.06. The van der Waals surface area contributed by atoms with Gasteiger partial charge in [0, 0.05) is 24.3 Å². The first-order valence-corrected chi connectivity index (χ1v) is 7.12. The van der Waals surface area contributed by atoms with Gasteiger partial charge in [-0.05, 0) is 43.2 Å². The van der Waals surface area contributed by atoms with E-state index in [4.69, 9.17) is 0 Å². The molecule has 0 spiro atoms. The summed E-state index contributed by atoms with van der Waals surface area (Å²) in [6, 6.07) is 8.90. The van der Waals surface area contributed by atoms with Gasteiger partial charge < -0.3 is 5.32 Å². The van der Waals surface area contributed by atoms with Gasteiger partial charge in [0.2, 0.25) is 0 Å². The van der Waals surface area contributed by atoms with Crippen LogP contribution in [0, 0.1) is 6.92 Å². The van der Waals surface area contributed by atoms with Crippen molar-refractivity contribution in [1.29, 1.82) is 0 Å². The lowest BCUT2D eigenvalue weighted by molar-refractivity contribution is 0.507. The molecule has 2 aromatic rings. The molecule has 1 aliphatic rings. The minimum atomic E-state index is 0.664. The third kappa shape index (κ3) is 2.71. The highest BCUT2D eigenvalue weighted by Gasteiger charge is 2.19. The van der Waals surface area contributed by atoms with Crippen LogP contribution in [0.25, 0.3) is 0 Å². The van der Waals surface area contributed by atoms with Gasteiger partial charge in [-0.1, -0.05) is 24.3 Å². The average molecular weight is 255 g/mol. The molecule has 0 saturated heterocycles. The van der Waals surface area contributed by atoms with Crippen LogP contribution in [0.1, 0.15) is 41.1 Å². The molecular weight excluding hydrogens is 234 g/mol. The maximum atomic E-state index is 4.06. The molecule has 19 heavy (non-hydrogen) atoms. The zero-order valence-electron chi connectivity index (χ0n) is 11.4. The molecule has 0 saturated carbocycles. The van der Waals surface area contributed by atoms with E-state index < -0.39 is 0 Å². The fourth-order valence-electron chi connectivity index (χ4n) is 3.00. The minimum Gasteiger partial charge on any atom is -0.312 e. The minimum absolute atomic E-state index is 0.664. The van der Waals surface area contributed by atoms with E-state index in [1.165, 1.54) is 24.8 Å². The zero-order chi connectivity index (χ0) is 13.1. The molecule has 1 aliphatic carbocycles. The number of rotatable bonds is 4. The summed E-state index contributed by atoms with van der Waals surface area (Å²) in [4.78, 5) is 0. The lowest BCUT2D eigenvalue weighted by Crippen LogP contribution is -2.24.